The van der Waals surface area contributed by atoms with Crippen LogP contribution in [0.1, 0.15) is 44.9 Å². The maximum absolute atomic E-state index is 13.0. The summed E-state index contributed by atoms with van der Waals surface area (Å²) >= 11 is 0. The van der Waals surface area contributed by atoms with E-state index < -0.39 is 0 Å². The van der Waals surface area contributed by atoms with Crippen LogP contribution < -0.4 is 5.32 Å². The van der Waals surface area contributed by atoms with Crippen molar-refractivity contribution in [3.05, 3.63) is 52.5 Å². The number of piperidine rings is 1. The normalized spacial score (nSPS) is 14.9. The average molecular weight is 443 g/mol. The predicted octanol–water partition coefficient (Wildman–Crippen LogP) is 3.45. The lowest BCUT2D eigenvalue weighted by atomic mass is 9.96. The van der Waals surface area contributed by atoms with E-state index in [2.05, 4.69) is 21.9 Å². The third-order valence-electron chi connectivity index (χ3n) is 5.94. The van der Waals surface area contributed by atoms with E-state index in [0.717, 1.165) is 44.5 Å². The van der Waals surface area contributed by atoms with Crippen molar-refractivity contribution in [1.82, 2.24) is 15.1 Å². The molecule has 1 aromatic carbocycles. The van der Waals surface area contributed by atoms with Crippen molar-refractivity contribution in [2.24, 2.45) is 10.9 Å². The number of nitrogens with one attached hydrogen (secondary N) is 1. The van der Waals surface area contributed by atoms with Crippen LogP contribution in [-0.2, 0) is 6.42 Å². The molecule has 0 atom stereocenters. The zero-order chi connectivity index (χ0) is 23.3. The summed E-state index contributed by atoms with van der Waals surface area (Å²) in [5, 5.41) is 2.97. The second kappa shape index (κ2) is 10.5. The lowest BCUT2D eigenvalue weighted by Crippen LogP contribution is -2.39. The molecule has 2 aromatic rings. The van der Waals surface area contributed by atoms with Gasteiger partial charge in [0.25, 0.3) is 11.8 Å². The third kappa shape index (κ3) is 5.62. The lowest BCUT2D eigenvalue weighted by Gasteiger charge is -2.32. The van der Waals surface area contributed by atoms with Crippen LogP contribution in [0.5, 0.6) is 0 Å². The van der Waals surface area contributed by atoms with E-state index in [0.29, 0.717) is 18.2 Å². The van der Waals surface area contributed by atoms with E-state index in [1.807, 2.05) is 12.1 Å². The van der Waals surface area contributed by atoms with Gasteiger partial charge in [-0.05, 0) is 69.6 Å². The first-order chi connectivity index (χ1) is 15.3. The number of rotatable bonds is 8. The number of nitrogens with zero attached hydrogens (tertiary/aromatic N) is 3. The summed E-state index contributed by atoms with van der Waals surface area (Å²) in [6.45, 7) is 8.49. The molecule has 8 heteroatoms. The highest BCUT2D eigenvalue weighted by molar-refractivity contribution is 6.10. The fourth-order valence-electron chi connectivity index (χ4n) is 4.01. The first-order valence-corrected chi connectivity index (χ1v) is 10.9. The molecule has 0 spiro atoms. The quantitative estimate of drug-likeness (QED) is 0.636. The Bertz CT molecular complexity index is 960. The molecule has 1 saturated heterocycles. The molecular formula is C24H31FN4O3. The Morgan fingerprint density at radius 2 is 1.88 bits per heavy atom. The number of likely N-dealkylation sites (tertiary alicyclic amines) is 1. The molecule has 1 aliphatic rings. The molecule has 7 nitrogen and oxygen atoms in total. The minimum atomic E-state index is -0.344. The van der Waals surface area contributed by atoms with Crippen molar-refractivity contribution in [2.45, 2.75) is 26.2 Å². The van der Waals surface area contributed by atoms with Gasteiger partial charge in [0.15, 0.2) is 0 Å². The van der Waals surface area contributed by atoms with Crippen LogP contribution in [0.25, 0.3) is 0 Å². The first kappa shape index (κ1) is 23.7. The topological polar surface area (TPSA) is 78.1 Å². The number of hydrogen-bond acceptors (Lipinski definition) is 5. The Balaban J connectivity index is 1.51. The standard InChI is InChI=1S/C24H31FN4O3/c1-16-20(21(23(26-2)32-16)24(31)28(3)4)22(30)27-15-18-10-13-29(14-11-18)12-9-17-5-7-19(25)8-6-17/h5-8,18H,2,9-15H2,1,3-4H3,(H,27,30). The van der Waals surface area contributed by atoms with E-state index in [1.54, 1.807) is 21.0 Å². The highest BCUT2D eigenvalue weighted by Crippen LogP contribution is 2.30. The van der Waals surface area contributed by atoms with Gasteiger partial charge in [-0.2, -0.15) is 0 Å². The van der Waals surface area contributed by atoms with Crippen LogP contribution in [0, 0.1) is 18.7 Å². The largest absolute Gasteiger partial charge is 0.442 e. The van der Waals surface area contributed by atoms with Crippen LogP contribution in [0.15, 0.2) is 33.7 Å². The van der Waals surface area contributed by atoms with Gasteiger partial charge >= 0.3 is 0 Å². The first-order valence-electron chi connectivity index (χ1n) is 10.9. The van der Waals surface area contributed by atoms with E-state index in [-0.39, 0.29) is 34.6 Å². The second-order valence-corrected chi connectivity index (χ2v) is 8.44. The lowest BCUT2D eigenvalue weighted by molar-refractivity contribution is 0.0818. The molecule has 1 aliphatic heterocycles. The van der Waals surface area contributed by atoms with Crippen LogP contribution in [0.2, 0.25) is 0 Å². The van der Waals surface area contributed by atoms with Gasteiger partial charge in [-0.3, -0.25) is 9.59 Å². The number of benzene rings is 1. The second-order valence-electron chi connectivity index (χ2n) is 8.44. The van der Waals surface area contributed by atoms with Gasteiger partial charge in [-0.25, -0.2) is 9.38 Å². The van der Waals surface area contributed by atoms with Crippen LogP contribution >= 0.6 is 0 Å². The Morgan fingerprint density at radius 3 is 2.47 bits per heavy atom. The molecule has 2 amide bonds. The molecule has 0 aliphatic carbocycles. The zero-order valence-corrected chi connectivity index (χ0v) is 19.0. The zero-order valence-electron chi connectivity index (χ0n) is 19.0. The van der Waals surface area contributed by atoms with Gasteiger partial charge in [0, 0.05) is 27.2 Å². The number of furan rings is 1. The summed E-state index contributed by atoms with van der Waals surface area (Å²) in [5.41, 5.74) is 1.51. The maximum atomic E-state index is 13.0. The highest BCUT2D eigenvalue weighted by Gasteiger charge is 2.29. The van der Waals surface area contributed by atoms with E-state index in [9.17, 15) is 14.0 Å². The monoisotopic (exact) mass is 442 g/mol. The van der Waals surface area contributed by atoms with Crippen molar-refractivity contribution in [2.75, 3.05) is 40.3 Å². The molecule has 32 heavy (non-hydrogen) atoms. The fraction of sp³-hybridized carbons (Fsp3) is 0.458. The summed E-state index contributed by atoms with van der Waals surface area (Å²) in [5.74, 6) is -0.0869. The minimum absolute atomic E-state index is 0.0702. The fourth-order valence-corrected chi connectivity index (χ4v) is 4.01. The number of halogens is 1. The van der Waals surface area contributed by atoms with Gasteiger partial charge in [-0.1, -0.05) is 12.1 Å². The Morgan fingerprint density at radius 1 is 1.22 bits per heavy atom. The SMILES string of the molecule is C=Nc1oc(C)c(C(=O)NCC2CCN(CCc3ccc(F)cc3)CC2)c1C(=O)N(C)C. The molecule has 2 heterocycles. The van der Waals surface area contributed by atoms with Crippen molar-refractivity contribution in [3.8, 4) is 0 Å². The molecular weight excluding hydrogens is 411 g/mol. The highest BCUT2D eigenvalue weighted by atomic mass is 19.1. The number of aryl methyl sites for hydroxylation is 1. The van der Waals surface area contributed by atoms with Gasteiger partial charge < -0.3 is 19.5 Å². The predicted molar refractivity (Wildman–Crippen MR) is 122 cm³/mol. The van der Waals surface area contributed by atoms with Crippen molar-refractivity contribution >= 4 is 24.4 Å². The minimum Gasteiger partial charge on any atom is -0.442 e. The smallest absolute Gasteiger partial charge is 0.259 e. The Labute approximate surface area is 188 Å². The number of carbonyl (C=O) groups is 2. The van der Waals surface area contributed by atoms with Crippen LogP contribution in [-0.4, -0.2) is 68.6 Å². The van der Waals surface area contributed by atoms with Gasteiger partial charge in [0.05, 0.1) is 5.56 Å². The number of aliphatic imine (C=N–C) groups is 1. The average Bonchev–Trinajstić information content (AvgIpc) is 3.13. The number of carbonyl (C=O) groups excluding carboxylic acids is 2. The molecule has 0 saturated carbocycles. The van der Waals surface area contributed by atoms with E-state index in [4.69, 9.17) is 4.42 Å². The maximum Gasteiger partial charge on any atom is 0.259 e. The third-order valence-corrected chi connectivity index (χ3v) is 5.94. The molecule has 1 N–H and O–H groups in total. The van der Waals surface area contributed by atoms with E-state index >= 15 is 0 Å². The molecule has 172 valence electrons. The van der Waals surface area contributed by atoms with Crippen molar-refractivity contribution in [3.63, 3.8) is 0 Å². The van der Waals surface area contributed by atoms with Crippen LogP contribution in [0.3, 0.4) is 0 Å². The van der Waals surface area contributed by atoms with Gasteiger partial charge in [0.2, 0.25) is 5.88 Å². The molecule has 3 rings (SSSR count). The summed E-state index contributed by atoms with van der Waals surface area (Å²) < 4.78 is 18.5. The summed E-state index contributed by atoms with van der Waals surface area (Å²) in [6, 6.07) is 6.66. The molecule has 0 bridgehead atoms. The van der Waals surface area contributed by atoms with E-state index in [1.165, 1.54) is 17.0 Å². The summed E-state index contributed by atoms with van der Waals surface area (Å²) in [4.78, 5) is 33.0. The van der Waals surface area contributed by atoms with Gasteiger partial charge in [-0.15, -0.1) is 0 Å². The Hall–Kier alpha value is -3.00. The van der Waals surface area contributed by atoms with Crippen molar-refractivity contribution < 1.29 is 18.4 Å². The molecule has 0 radical (unpaired) electrons. The van der Waals surface area contributed by atoms with Gasteiger partial charge in [0.1, 0.15) is 17.1 Å². The summed E-state index contributed by atoms with van der Waals surface area (Å²) in [7, 11) is 3.23. The van der Waals surface area contributed by atoms with Crippen LogP contribution in [0.4, 0.5) is 10.3 Å². The Kier molecular flexibility index (Phi) is 7.80. The molecule has 1 aromatic heterocycles. The molecule has 0 unspecified atom stereocenters. The van der Waals surface area contributed by atoms with Crippen molar-refractivity contribution in [1.29, 1.82) is 0 Å². The molecule has 1 fully saturated rings. The number of hydrogen-bond donors (Lipinski definition) is 1. The summed E-state index contributed by atoms with van der Waals surface area (Å²) in [6.07, 6.45) is 2.86. The number of amides is 2.